The van der Waals surface area contributed by atoms with E-state index in [1.165, 1.54) is 0 Å². The largest absolute Gasteiger partial charge is 0.354 e. The molecule has 0 saturated carbocycles. The highest BCUT2D eigenvalue weighted by molar-refractivity contribution is 6.32. The van der Waals surface area contributed by atoms with Crippen molar-refractivity contribution < 1.29 is 0 Å². The average molecular weight is 263 g/mol. The number of benzene rings is 1. The summed E-state index contributed by atoms with van der Waals surface area (Å²) in [6, 6.07) is 7.78. The molecule has 2 aromatic rings. The van der Waals surface area contributed by atoms with Gasteiger partial charge >= 0.3 is 0 Å². The van der Waals surface area contributed by atoms with Crippen LogP contribution in [0.1, 0.15) is 6.42 Å². The number of aromatic nitrogens is 2. The predicted octanol–water partition coefficient (Wildman–Crippen LogP) is 2.07. The zero-order chi connectivity index (χ0) is 12.5. The number of anilines is 1. The van der Waals surface area contributed by atoms with E-state index in [0.29, 0.717) is 11.1 Å². The van der Waals surface area contributed by atoms with Crippen molar-refractivity contribution in [1.82, 2.24) is 9.97 Å². The first-order valence-corrected chi connectivity index (χ1v) is 6.53. The molecule has 18 heavy (non-hydrogen) atoms. The van der Waals surface area contributed by atoms with Gasteiger partial charge in [-0.05, 0) is 31.0 Å². The Morgan fingerprint density at radius 3 is 2.67 bits per heavy atom. The number of para-hydroxylation sites is 2. The van der Waals surface area contributed by atoms with Crippen molar-refractivity contribution in [3.05, 3.63) is 29.4 Å². The standard InChI is InChI=1S/C13H15ClN4/c14-12-13(18-6-5-9(7-15)8-18)17-11-4-2-1-3-10(11)16-12/h1-4,9H,5-8,15H2/t9-/m0/s1. The number of rotatable bonds is 2. The van der Waals surface area contributed by atoms with Crippen LogP contribution in [0.15, 0.2) is 24.3 Å². The van der Waals surface area contributed by atoms with Crippen molar-refractivity contribution in [3.8, 4) is 0 Å². The smallest absolute Gasteiger partial charge is 0.172 e. The quantitative estimate of drug-likeness (QED) is 0.900. The van der Waals surface area contributed by atoms with Crippen LogP contribution < -0.4 is 10.6 Å². The van der Waals surface area contributed by atoms with Crippen LogP contribution >= 0.6 is 11.6 Å². The summed E-state index contributed by atoms with van der Waals surface area (Å²) in [7, 11) is 0. The lowest BCUT2D eigenvalue weighted by atomic mass is 10.1. The zero-order valence-corrected chi connectivity index (χ0v) is 10.8. The lowest BCUT2D eigenvalue weighted by Crippen LogP contribution is -2.24. The fraction of sp³-hybridized carbons (Fsp3) is 0.385. The second-order valence-corrected chi connectivity index (χ2v) is 5.02. The highest BCUT2D eigenvalue weighted by atomic mass is 35.5. The molecule has 94 valence electrons. The van der Waals surface area contributed by atoms with E-state index in [4.69, 9.17) is 17.3 Å². The molecule has 1 aromatic carbocycles. The molecule has 1 aliphatic rings. The van der Waals surface area contributed by atoms with Crippen molar-refractivity contribution in [2.45, 2.75) is 6.42 Å². The molecule has 1 aromatic heterocycles. The fourth-order valence-corrected chi connectivity index (χ4v) is 2.64. The van der Waals surface area contributed by atoms with Crippen molar-refractivity contribution >= 4 is 28.5 Å². The van der Waals surface area contributed by atoms with Crippen LogP contribution in [0.2, 0.25) is 5.15 Å². The van der Waals surface area contributed by atoms with Gasteiger partial charge in [-0.15, -0.1) is 0 Å². The van der Waals surface area contributed by atoms with Crippen LogP contribution in [0, 0.1) is 5.92 Å². The minimum absolute atomic E-state index is 0.478. The van der Waals surface area contributed by atoms with Gasteiger partial charge in [-0.3, -0.25) is 0 Å². The maximum atomic E-state index is 6.23. The van der Waals surface area contributed by atoms with E-state index in [-0.39, 0.29) is 0 Å². The van der Waals surface area contributed by atoms with Crippen LogP contribution in [0.5, 0.6) is 0 Å². The molecule has 1 aliphatic heterocycles. The summed E-state index contributed by atoms with van der Waals surface area (Å²) in [5.74, 6) is 1.32. The number of fused-ring (bicyclic) bond motifs is 1. The van der Waals surface area contributed by atoms with Gasteiger partial charge in [0.05, 0.1) is 11.0 Å². The van der Waals surface area contributed by atoms with Gasteiger partial charge in [0.15, 0.2) is 11.0 Å². The van der Waals surface area contributed by atoms with E-state index >= 15 is 0 Å². The van der Waals surface area contributed by atoms with Crippen molar-refractivity contribution in [1.29, 1.82) is 0 Å². The van der Waals surface area contributed by atoms with Crippen molar-refractivity contribution in [2.75, 3.05) is 24.5 Å². The molecule has 4 nitrogen and oxygen atoms in total. The Morgan fingerprint density at radius 2 is 2.00 bits per heavy atom. The first-order chi connectivity index (χ1) is 8.78. The molecule has 1 fully saturated rings. The molecule has 0 radical (unpaired) electrons. The molecule has 2 N–H and O–H groups in total. The number of nitrogens with two attached hydrogens (primary N) is 1. The number of hydrogen-bond acceptors (Lipinski definition) is 4. The van der Waals surface area contributed by atoms with Crippen LogP contribution in [-0.2, 0) is 0 Å². The minimum atomic E-state index is 0.478. The summed E-state index contributed by atoms with van der Waals surface area (Å²) in [5, 5.41) is 0.478. The van der Waals surface area contributed by atoms with E-state index in [9.17, 15) is 0 Å². The van der Waals surface area contributed by atoms with Gasteiger partial charge in [0, 0.05) is 13.1 Å². The first-order valence-electron chi connectivity index (χ1n) is 6.15. The molecule has 0 unspecified atom stereocenters. The SMILES string of the molecule is NC[C@@H]1CCN(c2nc3ccccc3nc2Cl)C1. The number of halogens is 1. The molecule has 5 heteroatoms. The van der Waals surface area contributed by atoms with E-state index in [0.717, 1.165) is 42.9 Å². The summed E-state index contributed by atoms with van der Waals surface area (Å²) in [6.45, 7) is 2.59. The molecule has 0 spiro atoms. The average Bonchev–Trinajstić information content (AvgIpc) is 2.86. The number of nitrogens with zero attached hydrogens (tertiary/aromatic N) is 3. The van der Waals surface area contributed by atoms with Gasteiger partial charge in [-0.1, -0.05) is 23.7 Å². The summed E-state index contributed by atoms with van der Waals surface area (Å²) in [6.07, 6.45) is 1.10. The van der Waals surface area contributed by atoms with Gasteiger partial charge in [-0.25, -0.2) is 9.97 Å². The summed E-state index contributed by atoms with van der Waals surface area (Å²) >= 11 is 6.23. The Balaban J connectivity index is 1.99. The van der Waals surface area contributed by atoms with Crippen LogP contribution in [-0.4, -0.2) is 29.6 Å². The van der Waals surface area contributed by atoms with Gasteiger partial charge in [0.2, 0.25) is 0 Å². The Hall–Kier alpha value is -1.39. The zero-order valence-electron chi connectivity index (χ0n) is 10.0. The topological polar surface area (TPSA) is 55.0 Å². The summed E-state index contributed by atoms with van der Waals surface area (Å²) in [5.41, 5.74) is 7.42. The molecule has 0 bridgehead atoms. The Kier molecular flexibility index (Phi) is 3.06. The fourth-order valence-electron chi connectivity index (χ4n) is 2.39. The molecule has 3 rings (SSSR count). The molecule has 0 aliphatic carbocycles. The van der Waals surface area contributed by atoms with E-state index in [1.54, 1.807) is 0 Å². The van der Waals surface area contributed by atoms with Crippen LogP contribution in [0.4, 0.5) is 5.82 Å². The second-order valence-electron chi connectivity index (χ2n) is 4.66. The molecule has 2 heterocycles. The van der Waals surface area contributed by atoms with Crippen molar-refractivity contribution in [3.63, 3.8) is 0 Å². The Bertz CT molecular complexity index is 572. The molecule has 1 atom stereocenters. The van der Waals surface area contributed by atoms with Gasteiger partial charge < -0.3 is 10.6 Å². The lowest BCUT2D eigenvalue weighted by molar-refractivity contribution is 0.602. The molecular weight excluding hydrogens is 248 g/mol. The van der Waals surface area contributed by atoms with Crippen molar-refractivity contribution in [2.24, 2.45) is 11.7 Å². The third-order valence-corrected chi connectivity index (χ3v) is 3.68. The highest BCUT2D eigenvalue weighted by Crippen LogP contribution is 2.28. The monoisotopic (exact) mass is 262 g/mol. The Morgan fingerprint density at radius 1 is 1.28 bits per heavy atom. The molecule has 0 amide bonds. The lowest BCUT2D eigenvalue weighted by Gasteiger charge is -2.18. The Labute approximate surface area is 111 Å². The predicted molar refractivity (Wildman–Crippen MR) is 73.9 cm³/mol. The normalized spacial score (nSPS) is 19.7. The van der Waals surface area contributed by atoms with Crippen LogP contribution in [0.3, 0.4) is 0 Å². The van der Waals surface area contributed by atoms with Gasteiger partial charge in [0.25, 0.3) is 0 Å². The van der Waals surface area contributed by atoms with Gasteiger partial charge in [0.1, 0.15) is 0 Å². The number of hydrogen-bond donors (Lipinski definition) is 1. The third-order valence-electron chi connectivity index (χ3n) is 3.43. The second kappa shape index (κ2) is 4.71. The van der Waals surface area contributed by atoms with Gasteiger partial charge in [-0.2, -0.15) is 0 Å². The maximum Gasteiger partial charge on any atom is 0.172 e. The maximum absolute atomic E-state index is 6.23. The van der Waals surface area contributed by atoms with E-state index in [1.807, 2.05) is 24.3 Å². The van der Waals surface area contributed by atoms with E-state index < -0.39 is 0 Å². The summed E-state index contributed by atoms with van der Waals surface area (Å²) in [4.78, 5) is 11.2. The minimum Gasteiger partial charge on any atom is -0.354 e. The summed E-state index contributed by atoms with van der Waals surface area (Å²) < 4.78 is 0. The highest BCUT2D eigenvalue weighted by Gasteiger charge is 2.24. The van der Waals surface area contributed by atoms with Crippen LogP contribution in [0.25, 0.3) is 11.0 Å². The molecule has 1 saturated heterocycles. The first kappa shape index (κ1) is 11.7. The third kappa shape index (κ3) is 2.02. The van der Waals surface area contributed by atoms with E-state index in [2.05, 4.69) is 14.9 Å². The molecular formula is C13H15ClN4.